The number of ketones is 1. The molecule has 1 atom stereocenters. The van der Waals surface area contributed by atoms with Gasteiger partial charge in [0.2, 0.25) is 5.91 Å². The summed E-state index contributed by atoms with van der Waals surface area (Å²) in [5.74, 6) is -0.121. The number of hydrogen-bond acceptors (Lipinski definition) is 5. The lowest BCUT2D eigenvalue weighted by Gasteiger charge is -2.34. The molecule has 0 radical (unpaired) electrons. The van der Waals surface area contributed by atoms with E-state index >= 15 is 0 Å². The molecule has 0 bridgehead atoms. The zero-order chi connectivity index (χ0) is 18.9. The van der Waals surface area contributed by atoms with Gasteiger partial charge in [-0.1, -0.05) is 36.4 Å². The van der Waals surface area contributed by atoms with Gasteiger partial charge in [-0.05, 0) is 11.6 Å². The second-order valence-corrected chi connectivity index (χ2v) is 6.54. The Hall–Kier alpha value is -2.57. The number of nitrogens with one attached hydrogen (secondary N) is 1. The maximum absolute atomic E-state index is 12.3. The Bertz CT molecular complexity index is 731. The van der Waals surface area contributed by atoms with E-state index in [0.717, 1.165) is 18.7 Å². The quantitative estimate of drug-likeness (QED) is 0.725. The first-order chi connectivity index (χ1) is 13.2. The number of rotatable bonds is 8. The van der Waals surface area contributed by atoms with Crippen molar-refractivity contribution in [1.29, 1.82) is 0 Å². The highest BCUT2D eigenvalue weighted by atomic mass is 16.5. The summed E-state index contributed by atoms with van der Waals surface area (Å²) in [4.78, 5) is 30.9. The van der Waals surface area contributed by atoms with Crippen molar-refractivity contribution in [3.63, 3.8) is 0 Å². The van der Waals surface area contributed by atoms with E-state index in [1.807, 2.05) is 36.5 Å². The number of amides is 1. The highest BCUT2D eigenvalue weighted by Gasteiger charge is 2.23. The fraction of sp³-hybridized carbons (Fsp3) is 0.381. The van der Waals surface area contributed by atoms with Gasteiger partial charge in [-0.25, -0.2) is 0 Å². The summed E-state index contributed by atoms with van der Waals surface area (Å²) in [5, 5.41) is 2.98. The van der Waals surface area contributed by atoms with Gasteiger partial charge >= 0.3 is 0 Å². The van der Waals surface area contributed by atoms with Gasteiger partial charge in [-0.15, -0.1) is 0 Å². The summed E-state index contributed by atoms with van der Waals surface area (Å²) in [6.45, 7) is 3.51. The summed E-state index contributed by atoms with van der Waals surface area (Å²) in [6, 6.07) is 13.1. The number of hydrogen-bond donors (Lipinski definition) is 1. The largest absolute Gasteiger partial charge is 0.379 e. The Morgan fingerprint density at radius 1 is 1.07 bits per heavy atom. The number of pyridine rings is 1. The van der Waals surface area contributed by atoms with Gasteiger partial charge in [0.25, 0.3) is 0 Å². The van der Waals surface area contributed by atoms with Crippen molar-refractivity contribution in [1.82, 2.24) is 15.2 Å². The van der Waals surface area contributed by atoms with Gasteiger partial charge in [0, 0.05) is 50.4 Å². The van der Waals surface area contributed by atoms with E-state index < -0.39 is 0 Å². The van der Waals surface area contributed by atoms with Crippen molar-refractivity contribution in [3.05, 3.63) is 66.0 Å². The van der Waals surface area contributed by atoms with Crippen molar-refractivity contribution in [2.24, 2.45) is 0 Å². The van der Waals surface area contributed by atoms with Crippen LogP contribution < -0.4 is 5.32 Å². The highest BCUT2D eigenvalue weighted by molar-refractivity contribution is 5.97. The van der Waals surface area contributed by atoms with E-state index in [4.69, 9.17) is 4.74 Å². The van der Waals surface area contributed by atoms with E-state index in [2.05, 4.69) is 15.2 Å². The van der Waals surface area contributed by atoms with Gasteiger partial charge in [-0.2, -0.15) is 0 Å². The molecule has 1 aliphatic heterocycles. The van der Waals surface area contributed by atoms with Gasteiger partial charge in [0.15, 0.2) is 5.78 Å². The first-order valence-corrected chi connectivity index (χ1v) is 9.30. The third kappa shape index (κ3) is 5.70. The molecular weight excluding hydrogens is 342 g/mol. The van der Waals surface area contributed by atoms with Gasteiger partial charge < -0.3 is 10.1 Å². The molecule has 0 unspecified atom stereocenters. The van der Waals surface area contributed by atoms with E-state index in [1.54, 1.807) is 18.3 Å². The first kappa shape index (κ1) is 19.2. The minimum atomic E-state index is -0.110. The van der Waals surface area contributed by atoms with Crippen LogP contribution in [0.5, 0.6) is 0 Å². The normalized spacial score (nSPS) is 15.9. The molecule has 142 valence electrons. The molecular formula is C21H25N3O3. The zero-order valence-electron chi connectivity index (χ0n) is 15.3. The summed E-state index contributed by atoms with van der Waals surface area (Å²) in [5.41, 5.74) is 1.71. The van der Waals surface area contributed by atoms with Crippen LogP contribution >= 0.6 is 0 Å². The number of aromatic nitrogens is 1. The molecule has 0 saturated carbocycles. The van der Waals surface area contributed by atoms with Crippen LogP contribution in [0.25, 0.3) is 0 Å². The van der Waals surface area contributed by atoms with Crippen LogP contribution in [0.1, 0.15) is 34.8 Å². The van der Waals surface area contributed by atoms with Crippen LogP contribution in [0.3, 0.4) is 0 Å². The Morgan fingerprint density at radius 3 is 2.56 bits per heavy atom. The molecule has 0 aliphatic carbocycles. The van der Waals surface area contributed by atoms with E-state index in [-0.39, 0.29) is 30.6 Å². The number of Topliss-reactive ketones (excluding diaryl/α,β-unsaturated/α-hetero) is 1. The molecule has 1 aromatic heterocycles. The van der Waals surface area contributed by atoms with Crippen molar-refractivity contribution in [2.45, 2.75) is 18.9 Å². The molecule has 1 fully saturated rings. The van der Waals surface area contributed by atoms with Crippen LogP contribution in [0, 0.1) is 0 Å². The van der Waals surface area contributed by atoms with E-state index in [1.165, 1.54) is 0 Å². The number of ether oxygens (including phenoxy) is 1. The van der Waals surface area contributed by atoms with E-state index in [0.29, 0.717) is 25.3 Å². The Labute approximate surface area is 159 Å². The topological polar surface area (TPSA) is 71.5 Å². The lowest BCUT2D eigenvalue weighted by molar-refractivity contribution is -0.121. The third-order valence-corrected chi connectivity index (χ3v) is 4.72. The van der Waals surface area contributed by atoms with E-state index in [9.17, 15) is 9.59 Å². The summed E-state index contributed by atoms with van der Waals surface area (Å²) in [6.07, 6.45) is 3.99. The highest BCUT2D eigenvalue weighted by Crippen LogP contribution is 2.20. The number of carbonyl (C=O) groups excluding carboxylic acids is 2. The van der Waals surface area contributed by atoms with Crippen LogP contribution in [0.2, 0.25) is 0 Å². The molecule has 2 aromatic rings. The fourth-order valence-electron chi connectivity index (χ4n) is 3.21. The summed E-state index contributed by atoms with van der Waals surface area (Å²) >= 11 is 0. The Kier molecular flexibility index (Phi) is 7.07. The number of benzene rings is 1. The minimum Gasteiger partial charge on any atom is -0.379 e. The minimum absolute atomic E-state index is 0.0114. The second-order valence-electron chi connectivity index (χ2n) is 6.54. The molecule has 2 heterocycles. The number of nitrogens with zero attached hydrogens (tertiary/aromatic N) is 2. The molecule has 1 aliphatic rings. The number of carbonyl (C=O) groups is 2. The smallest absolute Gasteiger partial charge is 0.220 e. The van der Waals surface area contributed by atoms with Crippen molar-refractivity contribution in [2.75, 3.05) is 32.8 Å². The Balaban J connectivity index is 1.53. The lowest BCUT2D eigenvalue weighted by atomic mass is 10.1. The van der Waals surface area contributed by atoms with Crippen molar-refractivity contribution < 1.29 is 14.3 Å². The van der Waals surface area contributed by atoms with Crippen LogP contribution in [-0.4, -0.2) is 54.4 Å². The van der Waals surface area contributed by atoms with Crippen molar-refractivity contribution in [3.8, 4) is 0 Å². The SMILES string of the molecule is O=C(CCC(=O)c1ccccc1)NC[C@H](c1cccnc1)N1CCOCC1. The third-order valence-electron chi connectivity index (χ3n) is 4.72. The predicted octanol–water partition coefficient (Wildman–Crippen LogP) is 2.23. The molecule has 1 N–H and O–H groups in total. The fourth-order valence-corrected chi connectivity index (χ4v) is 3.21. The second kappa shape index (κ2) is 9.94. The monoisotopic (exact) mass is 367 g/mol. The molecule has 1 aromatic carbocycles. The van der Waals surface area contributed by atoms with Crippen LogP contribution in [0.15, 0.2) is 54.9 Å². The van der Waals surface area contributed by atoms with Crippen LogP contribution in [-0.2, 0) is 9.53 Å². The lowest BCUT2D eigenvalue weighted by Crippen LogP contribution is -2.43. The van der Waals surface area contributed by atoms with Gasteiger partial charge in [-0.3, -0.25) is 19.5 Å². The zero-order valence-corrected chi connectivity index (χ0v) is 15.3. The molecule has 3 rings (SSSR count). The van der Waals surface area contributed by atoms with Crippen LogP contribution in [0.4, 0.5) is 0 Å². The summed E-state index contributed by atoms with van der Waals surface area (Å²) in [7, 11) is 0. The molecule has 1 saturated heterocycles. The molecule has 6 nitrogen and oxygen atoms in total. The Morgan fingerprint density at radius 2 is 1.85 bits per heavy atom. The first-order valence-electron chi connectivity index (χ1n) is 9.30. The standard InChI is InChI=1S/C21H25N3O3/c25-20(17-5-2-1-3-6-17)8-9-21(26)23-16-19(18-7-4-10-22-15-18)24-11-13-27-14-12-24/h1-7,10,15,19H,8-9,11-14,16H2,(H,23,26)/t19-/m1/s1. The molecule has 27 heavy (non-hydrogen) atoms. The predicted molar refractivity (Wildman–Crippen MR) is 102 cm³/mol. The average molecular weight is 367 g/mol. The molecule has 6 heteroatoms. The number of morpholine rings is 1. The van der Waals surface area contributed by atoms with Gasteiger partial charge in [0.1, 0.15) is 0 Å². The maximum atomic E-state index is 12.3. The maximum Gasteiger partial charge on any atom is 0.220 e. The van der Waals surface area contributed by atoms with Crippen molar-refractivity contribution >= 4 is 11.7 Å². The average Bonchev–Trinajstić information content (AvgIpc) is 2.74. The summed E-state index contributed by atoms with van der Waals surface area (Å²) < 4.78 is 5.44. The molecule has 0 spiro atoms. The molecule has 1 amide bonds. The van der Waals surface area contributed by atoms with Gasteiger partial charge in [0.05, 0.1) is 19.3 Å².